The van der Waals surface area contributed by atoms with Gasteiger partial charge in [-0.25, -0.2) is 0 Å². The highest BCUT2D eigenvalue weighted by Crippen LogP contribution is 2.14. The molecule has 0 aromatic heterocycles. The second-order valence-electron chi connectivity index (χ2n) is 4.28. The summed E-state index contributed by atoms with van der Waals surface area (Å²) in [4.78, 5) is 0. The van der Waals surface area contributed by atoms with Gasteiger partial charge in [0.1, 0.15) is 0 Å². The normalized spacial score (nSPS) is 14.8. The highest BCUT2D eigenvalue weighted by Gasteiger charge is 2.16. The number of hydrogen-bond donors (Lipinski definition) is 1. The Morgan fingerprint density at radius 1 is 1.42 bits per heavy atom. The molecule has 74 valence electrons. The van der Waals surface area contributed by atoms with Crippen LogP contribution in [-0.4, -0.2) is 19.3 Å². The summed E-state index contributed by atoms with van der Waals surface area (Å²) in [6.07, 6.45) is 2.70. The lowest BCUT2D eigenvalue weighted by Crippen LogP contribution is -2.30. The molecule has 1 unspecified atom stereocenters. The molecule has 0 aromatic rings. The lowest BCUT2D eigenvalue weighted by Gasteiger charge is -2.24. The zero-order chi connectivity index (χ0) is 9.61. The van der Waals surface area contributed by atoms with Gasteiger partial charge >= 0.3 is 0 Å². The van der Waals surface area contributed by atoms with Crippen LogP contribution < -0.4 is 5.73 Å². The van der Waals surface area contributed by atoms with Gasteiger partial charge in [-0.3, -0.25) is 0 Å². The standard InChI is InChI=1S/C10H23NO/c1-5-6-9(2)12-8-10(3,4)7-11/h9H,5-8,11H2,1-4H3. The molecule has 0 spiro atoms. The van der Waals surface area contributed by atoms with Crippen LogP contribution in [0.15, 0.2) is 0 Å². The number of ether oxygens (including phenoxy) is 1. The molecule has 0 bridgehead atoms. The highest BCUT2D eigenvalue weighted by molar-refractivity contribution is 4.68. The van der Waals surface area contributed by atoms with Crippen molar-refractivity contribution < 1.29 is 4.74 Å². The summed E-state index contributed by atoms with van der Waals surface area (Å²) in [5, 5.41) is 0. The molecule has 0 radical (unpaired) electrons. The van der Waals surface area contributed by atoms with Gasteiger partial charge in [-0.05, 0) is 19.9 Å². The van der Waals surface area contributed by atoms with Gasteiger partial charge in [0.15, 0.2) is 0 Å². The molecule has 2 N–H and O–H groups in total. The van der Waals surface area contributed by atoms with Crippen LogP contribution in [0.3, 0.4) is 0 Å². The van der Waals surface area contributed by atoms with E-state index >= 15 is 0 Å². The fourth-order valence-corrected chi connectivity index (χ4v) is 0.917. The average molecular weight is 173 g/mol. The fraction of sp³-hybridized carbons (Fsp3) is 1.00. The van der Waals surface area contributed by atoms with Crippen molar-refractivity contribution in [1.82, 2.24) is 0 Å². The Balaban J connectivity index is 3.52. The van der Waals surface area contributed by atoms with Crippen molar-refractivity contribution in [3.63, 3.8) is 0 Å². The quantitative estimate of drug-likeness (QED) is 0.668. The van der Waals surface area contributed by atoms with Crippen molar-refractivity contribution in [2.24, 2.45) is 11.1 Å². The van der Waals surface area contributed by atoms with E-state index in [1.54, 1.807) is 0 Å². The molecule has 0 aliphatic rings. The Kier molecular flexibility index (Phi) is 5.51. The van der Waals surface area contributed by atoms with E-state index in [1.165, 1.54) is 6.42 Å². The first-order chi connectivity index (χ1) is 5.52. The minimum absolute atomic E-state index is 0.127. The largest absolute Gasteiger partial charge is 0.378 e. The van der Waals surface area contributed by atoms with Crippen LogP contribution >= 0.6 is 0 Å². The van der Waals surface area contributed by atoms with E-state index in [2.05, 4.69) is 27.7 Å². The third-order valence-electron chi connectivity index (χ3n) is 2.01. The molecule has 0 saturated heterocycles. The van der Waals surface area contributed by atoms with Gasteiger partial charge in [0, 0.05) is 5.41 Å². The van der Waals surface area contributed by atoms with Gasteiger partial charge < -0.3 is 10.5 Å². The van der Waals surface area contributed by atoms with Gasteiger partial charge in [-0.15, -0.1) is 0 Å². The van der Waals surface area contributed by atoms with Gasteiger partial charge in [-0.2, -0.15) is 0 Å². The van der Waals surface area contributed by atoms with Crippen LogP contribution in [0.1, 0.15) is 40.5 Å². The van der Waals surface area contributed by atoms with Crippen LogP contribution in [-0.2, 0) is 4.74 Å². The minimum atomic E-state index is 0.127. The summed E-state index contributed by atoms with van der Waals surface area (Å²) in [5.41, 5.74) is 5.71. The van der Waals surface area contributed by atoms with Crippen LogP contribution in [0, 0.1) is 5.41 Å². The molecule has 0 fully saturated rings. The van der Waals surface area contributed by atoms with E-state index in [0.29, 0.717) is 12.6 Å². The zero-order valence-electron chi connectivity index (χ0n) is 8.89. The van der Waals surface area contributed by atoms with Gasteiger partial charge in [0.25, 0.3) is 0 Å². The number of hydrogen-bond acceptors (Lipinski definition) is 2. The minimum Gasteiger partial charge on any atom is -0.378 e. The van der Waals surface area contributed by atoms with E-state index in [9.17, 15) is 0 Å². The SMILES string of the molecule is CCCC(C)OCC(C)(C)CN. The predicted molar refractivity (Wildman–Crippen MR) is 53.2 cm³/mol. The first-order valence-corrected chi connectivity index (χ1v) is 4.83. The summed E-state index contributed by atoms with van der Waals surface area (Å²) < 4.78 is 5.66. The summed E-state index contributed by atoms with van der Waals surface area (Å²) >= 11 is 0. The second kappa shape index (κ2) is 5.55. The van der Waals surface area contributed by atoms with Gasteiger partial charge in [0.05, 0.1) is 12.7 Å². The maximum atomic E-state index is 5.66. The molecule has 2 heteroatoms. The molecule has 0 saturated carbocycles. The van der Waals surface area contributed by atoms with Crippen molar-refractivity contribution in [2.75, 3.05) is 13.2 Å². The smallest absolute Gasteiger partial charge is 0.0547 e. The Bertz CT molecular complexity index is 112. The molecule has 0 aliphatic heterocycles. The second-order valence-corrected chi connectivity index (χ2v) is 4.28. The van der Waals surface area contributed by atoms with Crippen molar-refractivity contribution in [3.8, 4) is 0 Å². The van der Waals surface area contributed by atoms with Crippen LogP contribution in [0.5, 0.6) is 0 Å². The third-order valence-corrected chi connectivity index (χ3v) is 2.01. The molecular formula is C10H23NO. The Hall–Kier alpha value is -0.0800. The summed E-state index contributed by atoms with van der Waals surface area (Å²) in [6.45, 7) is 10.0. The van der Waals surface area contributed by atoms with Crippen LogP contribution in [0.4, 0.5) is 0 Å². The number of rotatable bonds is 6. The molecule has 0 heterocycles. The molecule has 0 aromatic carbocycles. The predicted octanol–water partition coefficient (Wildman–Crippen LogP) is 2.18. The monoisotopic (exact) mass is 173 g/mol. The molecular weight excluding hydrogens is 150 g/mol. The van der Waals surface area contributed by atoms with Crippen LogP contribution in [0.25, 0.3) is 0 Å². The van der Waals surface area contributed by atoms with Crippen LogP contribution in [0.2, 0.25) is 0 Å². The fourth-order valence-electron chi connectivity index (χ4n) is 0.917. The van der Waals surface area contributed by atoms with Crippen molar-refractivity contribution >= 4 is 0 Å². The van der Waals surface area contributed by atoms with E-state index in [-0.39, 0.29) is 5.41 Å². The summed E-state index contributed by atoms with van der Waals surface area (Å²) in [6, 6.07) is 0. The molecule has 0 aliphatic carbocycles. The first kappa shape index (κ1) is 11.9. The molecule has 12 heavy (non-hydrogen) atoms. The molecule has 0 amide bonds. The molecule has 2 nitrogen and oxygen atoms in total. The highest BCUT2D eigenvalue weighted by atomic mass is 16.5. The van der Waals surface area contributed by atoms with Gasteiger partial charge in [0.2, 0.25) is 0 Å². The lowest BCUT2D eigenvalue weighted by molar-refractivity contribution is 0.0110. The van der Waals surface area contributed by atoms with E-state index in [4.69, 9.17) is 10.5 Å². The first-order valence-electron chi connectivity index (χ1n) is 4.83. The topological polar surface area (TPSA) is 35.2 Å². The average Bonchev–Trinajstić information content (AvgIpc) is 2.02. The van der Waals surface area contributed by atoms with Crippen molar-refractivity contribution in [1.29, 1.82) is 0 Å². The van der Waals surface area contributed by atoms with E-state index in [1.807, 2.05) is 0 Å². The molecule has 1 atom stereocenters. The Morgan fingerprint density at radius 3 is 2.42 bits per heavy atom. The lowest BCUT2D eigenvalue weighted by atomic mass is 9.95. The zero-order valence-corrected chi connectivity index (χ0v) is 8.89. The maximum Gasteiger partial charge on any atom is 0.0547 e. The Morgan fingerprint density at radius 2 is 2.00 bits per heavy atom. The third kappa shape index (κ3) is 5.56. The van der Waals surface area contributed by atoms with E-state index in [0.717, 1.165) is 13.0 Å². The maximum absolute atomic E-state index is 5.66. The Labute approximate surface area is 76.5 Å². The summed E-state index contributed by atoms with van der Waals surface area (Å²) in [7, 11) is 0. The van der Waals surface area contributed by atoms with Gasteiger partial charge in [-0.1, -0.05) is 27.2 Å². The van der Waals surface area contributed by atoms with E-state index < -0.39 is 0 Å². The summed E-state index contributed by atoms with van der Waals surface area (Å²) in [5.74, 6) is 0. The van der Waals surface area contributed by atoms with Crippen molar-refractivity contribution in [3.05, 3.63) is 0 Å². The number of nitrogens with two attached hydrogens (primary N) is 1. The molecule has 0 rings (SSSR count). The van der Waals surface area contributed by atoms with Crippen molar-refractivity contribution in [2.45, 2.75) is 46.6 Å².